The van der Waals surface area contributed by atoms with Crippen LogP contribution in [0, 0.1) is 0 Å². The van der Waals surface area contributed by atoms with Gasteiger partial charge in [-0.1, -0.05) is 212 Å². The van der Waals surface area contributed by atoms with Crippen molar-refractivity contribution >= 4 is 46.0 Å². The van der Waals surface area contributed by atoms with Crippen LogP contribution in [-0.4, -0.2) is 0 Å². The van der Waals surface area contributed by atoms with Crippen molar-refractivity contribution < 1.29 is 0 Å². The van der Waals surface area contributed by atoms with Gasteiger partial charge in [0.05, 0.1) is 17.1 Å². The zero-order chi connectivity index (χ0) is 51.3. The molecule has 0 N–H and O–H groups in total. The molecule has 2 heteroatoms. The Kier molecular flexibility index (Phi) is 12.7. The van der Waals surface area contributed by atoms with Crippen molar-refractivity contribution in [3.63, 3.8) is 0 Å². The van der Waals surface area contributed by atoms with E-state index in [0.29, 0.717) is 0 Å². The molecule has 7 aromatic carbocycles. The third kappa shape index (κ3) is 8.13. The maximum Gasteiger partial charge on any atom is 0.0540 e. The van der Waals surface area contributed by atoms with Crippen molar-refractivity contribution in [1.29, 1.82) is 0 Å². The highest BCUT2D eigenvalue weighted by molar-refractivity contribution is 6.03. The summed E-state index contributed by atoms with van der Waals surface area (Å²) in [5.41, 5.74) is 29.0. The van der Waals surface area contributed by atoms with Crippen LogP contribution in [0.4, 0.5) is 22.7 Å². The molecule has 0 radical (unpaired) electrons. The Morgan fingerprint density at radius 1 is 0.500 bits per heavy atom. The van der Waals surface area contributed by atoms with Gasteiger partial charge < -0.3 is 9.80 Å². The topological polar surface area (TPSA) is 6.48 Å². The normalized spacial score (nSPS) is 16.3. The van der Waals surface area contributed by atoms with Gasteiger partial charge in [0.25, 0.3) is 0 Å². The molecule has 74 heavy (non-hydrogen) atoms. The van der Waals surface area contributed by atoms with Gasteiger partial charge >= 0.3 is 0 Å². The number of fused-ring (bicyclic) bond motifs is 10. The minimum Gasteiger partial charge on any atom is -0.314 e. The lowest BCUT2D eigenvalue weighted by Gasteiger charge is -2.30. The summed E-state index contributed by atoms with van der Waals surface area (Å²) in [7, 11) is 0. The minimum absolute atomic E-state index is 0.196. The molecule has 2 heterocycles. The second kappa shape index (κ2) is 19.5. The third-order valence-electron chi connectivity index (χ3n) is 16.1. The van der Waals surface area contributed by atoms with E-state index in [0.717, 1.165) is 19.3 Å². The molecule has 366 valence electrons. The van der Waals surface area contributed by atoms with Crippen LogP contribution in [0.1, 0.15) is 121 Å². The summed E-state index contributed by atoms with van der Waals surface area (Å²) in [6.07, 6.45) is 25.7. The summed E-state index contributed by atoms with van der Waals surface area (Å²) in [4.78, 5) is 4.96. The SMILES string of the molecule is C/C=C\C=C/C1=CC(CC)=C(/C=C\CC)c2ccccc2N1/C(C)=C/C1=C(CC)c2ccc(/C=C/c3ccc4c(c3)C(C)(C)c3cc(N5c6ccccc6-c6ccccc6-c6ccccc65)ccc3-4)cc2C1(C)C. The molecule has 7 aromatic rings. The first-order valence-corrected chi connectivity index (χ1v) is 26.9. The average molecular weight is 961 g/mol. The molecule has 0 unspecified atom stereocenters. The predicted octanol–water partition coefficient (Wildman–Crippen LogP) is 20.3. The van der Waals surface area contributed by atoms with Crippen molar-refractivity contribution in [3.8, 4) is 33.4 Å². The highest BCUT2D eigenvalue weighted by Gasteiger charge is 2.38. The van der Waals surface area contributed by atoms with Gasteiger partial charge in [0.1, 0.15) is 0 Å². The molecule has 2 nitrogen and oxygen atoms in total. The second-order valence-corrected chi connectivity index (χ2v) is 21.3. The second-order valence-electron chi connectivity index (χ2n) is 21.3. The minimum atomic E-state index is -0.201. The lowest BCUT2D eigenvalue weighted by atomic mass is 9.80. The largest absolute Gasteiger partial charge is 0.314 e. The van der Waals surface area contributed by atoms with Gasteiger partial charge in [-0.2, -0.15) is 0 Å². The van der Waals surface area contributed by atoms with E-state index >= 15 is 0 Å². The van der Waals surface area contributed by atoms with Crippen LogP contribution < -0.4 is 9.80 Å². The standard InChI is InChI=1S/C72H68N2/c1-10-14-16-25-52-46-51(12-3)55(26-15-11-2)61-29-19-22-32-68(61)73(52)48(5)43-64-54(13-4)58-40-37-49(44-65(58)71(64,6)7)35-36-50-38-41-59-60-42-39-53(47-67(60)72(8,9)66(59)45-50)74-69-33-23-20-30-62(69)56-27-17-18-28-57(56)63-31-21-24-34-70(63)74/h10,14-47H,11-13H2,1-9H3/b14-10-,25-16-,26-15-,36-35+,48-43+. The first-order chi connectivity index (χ1) is 36.0. The number of para-hydroxylation sites is 3. The summed E-state index contributed by atoms with van der Waals surface area (Å²) in [6.45, 7) is 20.8. The van der Waals surface area contributed by atoms with E-state index in [2.05, 4.69) is 285 Å². The van der Waals surface area contributed by atoms with Crippen molar-refractivity contribution in [1.82, 2.24) is 0 Å². The smallest absolute Gasteiger partial charge is 0.0540 e. The predicted molar refractivity (Wildman–Crippen MR) is 320 cm³/mol. The Bertz CT molecular complexity index is 3580. The lowest BCUT2D eigenvalue weighted by molar-refractivity contribution is 0.652. The molecular formula is C72H68N2. The summed E-state index contributed by atoms with van der Waals surface area (Å²) >= 11 is 0. The highest BCUT2D eigenvalue weighted by atomic mass is 15.2. The van der Waals surface area contributed by atoms with Gasteiger partial charge in [0.15, 0.2) is 0 Å². The lowest BCUT2D eigenvalue weighted by Crippen LogP contribution is -2.22. The fraction of sp³-hybridized carbons (Fsp3) is 0.194. The maximum absolute atomic E-state index is 2.49. The van der Waals surface area contributed by atoms with Crippen LogP contribution in [0.15, 0.2) is 223 Å². The average Bonchev–Trinajstić information content (AvgIpc) is 3.64. The van der Waals surface area contributed by atoms with Gasteiger partial charge in [0, 0.05) is 44.6 Å². The van der Waals surface area contributed by atoms with Crippen LogP contribution in [0.25, 0.3) is 56.7 Å². The van der Waals surface area contributed by atoms with Crippen LogP contribution in [-0.2, 0) is 10.8 Å². The van der Waals surface area contributed by atoms with Crippen LogP contribution in [0.5, 0.6) is 0 Å². The molecule has 0 atom stereocenters. The Morgan fingerprint density at radius 3 is 1.64 bits per heavy atom. The molecule has 0 amide bonds. The summed E-state index contributed by atoms with van der Waals surface area (Å²) in [6, 6.07) is 56.9. The molecule has 11 rings (SSSR count). The molecule has 0 fully saturated rings. The van der Waals surface area contributed by atoms with E-state index in [-0.39, 0.29) is 10.8 Å². The Balaban J connectivity index is 0.900. The third-order valence-corrected chi connectivity index (χ3v) is 16.1. The number of hydrogen-bond donors (Lipinski definition) is 0. The molecule has 0 aromatic heterocycles. The Hall–Kier alpha value is -7.94. The van der Waals surface area contributed by atoms with Crippen molar-refractivity contribution in [2.75, 3.05) is 9.80 Å². The van der Waals surface area contributed by atoms with E-state index in [1.165, 1.54) is 129 Å². The molecule has 0 bridgehead atoms. The van der Waals surface area contributed by atoms with Gasteiger partial charge in [-0.05, 0) is 160 Å². The zero-order valence-corrected chi connectivity index (χ0v) is 44.7. The van der Waals surface area contributed by atoms with E-state index in [1.54, 1.807) is 0 Å². The number of benzene rings is 7. The van der Waals surface area contributed by atoms with Crippen molar-refractivity contribution in [2.24, 2.45) is 0 Å². The van der Waals surface area contributed by atoms with Gasteiger partial charge in [-0.25, -0.2) is 0 Å². The maximum atomic E-state index is 2.49. The molecule has 0 saturated carbocycles. The summed E-state index contributed by atoms with van der Waals surface area (Å²) in [5.74, 6) is 0. The van der Waals surface area contributed by atoms with E-state index in [1.807, 2.05) is 0 Å². The summed E-state index contributed by atoms with van der Waals surface area (Å²) in [5, 5.41) is 0. The van der Waals surface area contributed by atoms with Gasteiger partial charge in [-0.15, -0.1) is 0 Å². The number of nitrogens with zero attached hydrogens (tertiary/aromatic N) is 2. The van der Waals surface area contributed by atoms with E-state index < -0.39 is 0 Å². The number of rotatable bonds is 11. The van der Waals surface area contributed by atoms with Crippen LogP contribution >= 0.6 is 0 Å². The number of anilines is 4. The molecule has 0 saturated heterocycles. The monoisotopic (exact) mass is 961 g/mol. The van der Waals surface area contributed by atoms with Gasteiger partial charge in [-0.3, -0.25) is 0 Å². The molecular weight excluding hydrogens is 893 g/mol. The van der Waals surface area contributed by atoms with Crippen LogP contribution in [0.3, 0.4) is 0 Å². The van der Waals surface area contributed by atoms with Crippen molar-refractivity contribution in [3.05, 3.63) is 262 Å². The highest BCUT2D eigenvalue weighted by Crippen LogP contribution is 2.55. The quantitative estimate of drug-likeness (QED) is 0.0941. The fourth-order valence-electron chi connectivity index (χ4n) is 12.4. The Morgan fingerprint density at radius 2 is 1.04 bits per heavy atom. The van der Waals surface area contributed by atoms with E-state index in [9.17, 15) is 0 Å². The van der Waals surface area contributed by atoms with Crippen molar-refractivity contribution in [2.45, 2.75) is 92.4 Å². The Labute approximate surface area is 441 Å². The first-order valence-electron chi connectivity index (χ1n) is 26.9. The fourth-order valence-corrected chi connectivity index (χ4v) is 12.4. The molecule has 4 aliphatic rings. The van der Waals surface area contributed by atoms with Gasteiger partial charge in [0.2, 0.25) is 0 Å². The van der Waals surface area contributed by atoms with E-state index in [4.69, 9.17) is 0 Å². The molecule has 2 aliphatic heterocycles. The summed E-state index contributed by atoms with van der Waals surface area (Å²) < 4.78 is 0. The zero-order valence-electron chi connectivity index (χ0n) is 44.7. The first kappa shape index (κ1) is 48.3. The molecule has 2 aliphatic carbocycles. The number of hydrogen-bond acceptors (Lipinski definition) is 2. The molecule has 0 spiro atoms. The number of allylic oxidation sites excluding steroid dienone is 13. The van der Waals surface area contributed by atoms with Crippen LogP contribution in [0.2, 0.25) is 0 Å².